The third-order valence-electron chi connectivity index (χ3n) is 12.2. The predicted molar refractivity (Wildman–Crippen MR) is 284 cm³/mol. The lowest BCUT2D eigenvalue weighted by atomic mass is 10.1. The van der Waals surface area contributed by atoms with E-state index in [0.29, 0.717) is 19.3 Å². The van der Waals surface area contributed by atoms with Gasteiger partial charge >= 0.3 is 17.9 Å². The Hall–Kier alpha value is -2.89. The molecule has 382 valence electrons. The van der Waals surface area contributed by atoms with Crippen molar-refractivity contribution < 1.29 is 28.6 Å². The van der Waals surface area contributed by atoms with Gasteiger partial charge in [0.1, 0.15) is 13.2 Å². The number of ether oxygens (including phenoxy) is 3. The number of rotatable bonds is 51. The van der Waals surface area contributed by atoms with E-state index < -0.39 is 6.10 Å². The van der Waals surface area contributed by atoms with Crippen molar-refractivity contribution in [1.82, 2.24) is 0 Å². The Morgan fingerprint density at radius 2 is 0.545 bits per heavy atom. The number of unbranched alkanes of at least 4 members (excludes halogenated alkanes) is 30. The number of hydrogen-bond donors (Lipinski definition) is 0. The molecule has 0 aromatic rings. The second-order valence-corrected chi connectivity index (χ2v) is 18.8. The molecule has 0 fully saturated rings. The molecule has 6 heteroatoms. The summed E-state index contributed by atoms with van der Waals surface area (Å²) in [5.74, 6) is -0.899. The fraction of sp³-hybridized carbons (Fsp3) is 0.783. The number of carbonyl (C=O) groups excluding carboxylic acids is 3. The van der Waals surface area contributed by atoms with E-state index in [4.69, 9.17) is 14.2 Å². The monoisotopic (exact) mass is 923 g/mol. The third-order valence-corrected chi connectivity index (χ3v) is 12.2. The van der Waals surface area contributed by atoms with E-state index in [9.17, 15) is 14.4 Å². The first kappa shape index (κ1) is 63.1. The van der Waals surface area contributed by atoms with Crippen LogP contribution in [-0.4, -0.2) is 37.2 Å². The van der Waals surface area contributed by atoms with Gasteiger partial charge in [0.25, 0.3) is 0 Å². The van der Waals surface area contributed by atoms with Crippen molar-refractivity contribution in [2.45, 2.75) is 290 Å². The maximum atomic E-state index is 12.8. The Labute approximate surface area is 409 Å². The highest BCUT2D eigenvalue weighted by molar-refractivity contribution is 5.71. The van der Waals surface area contributed by atoms with Crippen LogP contribution in [0.1, 0.15) is 284 Å². The van der Waals surface area contributed by atoms with Gasteiger partial charge < -0.3 is 14.2 Å². The van der Waals surface area contributed by atoms with Gasteiger partial charge in [-0.1, -0.05) is 216 Å². The van der Waals surface area contributed by atoms with Gasteiger partial charge in [-0.2, -0.15) is 0 Å². The van der Waals surface area contributed by atoms with Crippen LogP contribution in [0.3, 0.4) is 0 Å². The normalized spacial score (nSPS) is 12.5. The van der Waals surface area contributed by atoms with Gasteiger partial charge in [0.05, 0.1) is 0 Å². The summed E-state index contributed by atoms with van der Waals surface area (Å²) in [5, 5.41) is 0. The lowest BCUT2D eigenvalue weighted by molar-refractivity contribution is -0.167. The van der Waals surface area contributed by atoms with Crippen LogP contribution in [0, 0.1) is 0 Å². The third kappa shape index (κ3) is 52.1. The largest absolute Gasteiger partial charge is 0.462 e. The molecule has 1 unspecified atom stereocenters. The second-order valence-electron chi connectivity index (χ2n) is 18.8. The Morgan fingerprint density at radius 3 is 0.879 bits per heavy atom. The van der Waals surface area contributed by atoms with E-state index in [0.717, 1.165) is 89.9 Å². The van der Waals surface area contributed by atoms with Gasteiger partial charge in [-0.05, 0) is 109 Å². The van der Waals surface area contributed by atoms with Crippen molar-refractivity contribution in [3.63, 3.8) is 0 Å². The summed E-state index contributed by atoms with van der Waals surface area (Å²) < 4.78 is 16.8. The molecule has 1 atom stereocenters. The number of allylic oxidation sites excluding steroid dienone is 10. The van der Waals surface area contributed by atoms with Crippen molar-refractivity contribution in [2.24, 2.45) is 0 Å². The Bertz CT molecular complexity index is 1200. The average Bonchev–Trinajstić information content (AvgIpc) is 3.31. The molecule has 0 saturated carbocycles. The van der Waals surface area contributed by atoms with Gasteiger partial charge in [0.2, 0.25) is 0 Å². The zero-order valence-electron chi connectivity index (χ0n) is 43.7. The fourth-order valence-corrected chi connectivity index (χ4v) is 7.91. The van der Waals surface area contributed by atoms with Crippen LogP contribution in [0.15, 0.2) is 60.8 Å². The average molecular weight is 924 g/mol. The Kier molecular flexibility index (Phi) is 52.3. The van der Waals surface area contributed by atoms with Crippen LogP contribution in [0.25, 0.3) is 0 Å². The van der Waals surface area contributed by atoms with Crippen molar-refractivity contribution in [3.05, 3.63) is 60.8 Å². The van der Waals surface area contributed by atoms with E-state index in [1.54, 1.807) is 0 Å². The molecule has 0 aliphatic heterocycles. The van der Waals surface area contributed by atoms with Crippen molar-refractivity contribution >= 4 is 17.9 Å². The second kappa shape index (κ2) is 54.7. The summed E-state index contributed by atoms with van der Waals surface area (Å²) in [5.41, 5.74) is 0. The highest BCUT2D eigenvalue weighted by atomic mass is 16.6. The number of carbonyl (C=O) groups is 3. The summed E-state index contributed by atoms with van der Waals surface area (Å²) in [6.07, 6.45) is 67.7. The molecule has 0 heterocycles. The summed E-state index contributed by atoms with van der Waals surface area (Å²) in [7, 11) is 0. The van der Waals surface area contributed by atoms with Crippen LogP contribution in [0.5, 0.6) is 0 Å². The maximum absolute atomic E-state index is 12.8. The van der Waals surface area contributed by atoms with Gasteiger partial charge in [0, 0.05) is 19.3 Å². The highest BCUT2D eigenvalue weighted by Crippen LogP contribution is 2.15. The van der Waals surface area contributed by atoms with Crippen LogP contribution in [-0.2, 0) is 28.6 Å². The molecule has 0 aromatic carbocycles. The molecule has 0 aliphatic rings. The minimum atomic E-state index is -0.785. The van der Waals surface area contributed by atoms with Crippen molar-refractivity contribution in [3.8, 4) is 0 Å². The summed E-state index contributed by atoms with van der Waals surface area (Å²) in [6.45, 7) is 6.58. The molecule has 0 aromatic heterocycles. The van der Waals surface area contributed by atoms with E-state index >= 15 is 0 Å². The van der Waals surface area contributed by atoms with Gasteiger partial charge in [0.15, 0.2) is 6.10 Å². The van der Waals surface area contributed by atoms with Crippen LogP contribution >= 0.6 is 0 Å². The summed E-state index contributed by atoms with van der Waals surface area (Å²) >= 11 is 0. The van der Waals surface area contributed by atoms with Gasteiger partial charge in [-0.3, -0.25) is 14.4 Å². The van der Waals surface area contributed by atoms with E-state index in [-0.39, 0.29) is 31.1 Å². The fourth-order valence-electron chi connectivity index (χ4n) is 7.91. The zero-order valence-corrected chi connectivity index (χ0v) is 43.7. The minimum absolute atomic E-state index is 0.0836. The van der Waals surface area contributed by atoms with Crippen molar-refractivity contribution in [1.29, 1.82) is 0 Å². The van der Waals surface area contributed by atoms with Crippen molar-refractivity contribution in [2.75, 3.05) is 13.2 Å². The number of esters is 3. The molecule has 0 spiro atoms. The first-order valence-electron chi connectivity index (χ1n) is 28.3. The van der Waals surface area contributed by atoms with E-state index in [2.05, 4.69) is 81.5 Å². The Morgan fingerprint density at radius 1 is 0.303 bits per heavy atom. The topological polar surface area (TPSA) is 78.9 Å². The highest BCUT2D eigenvalue weighted by Gasteiger charge is 2.19. The number of hydrogen-bond acceptors (Lipinski definition) is 6. The molecule has 0 N–H and O–H groups in total. The molecular weight excluding hydrogens is 817 g/mol. The molecule has 0 saturated heterocycles. The SMILES string of the molecule is CCCCC/C=C\CCCCCCCC(=O)OCC(COC(=O)CCCCCCCCC/C=C\C/C=C\CCCCCC)OC(=O)CCCCCCCCC/C=C\C/C=C\CCCCCC. The quantitative estimate of drug-likeness (QED) is 0.0262. The smallest absolute Gasteiger partial charge is 0.306 e. The standard InChI is InChI=1S/C60H106O6/c1-4-7-10-13-16-19-22-25-27-29-31-33-35-38-41-44-47-50-53-59(62)65-56-57(55-64-58(61)52-49-46-43-40-37-24-21-18-15-12-9-6-3)66-60(63)54-51-48-45-42-39-36-34-32-30-28-26-23-20-17-14-11-8-5-2/h18-23,27-30,57H,4-17,24-26,31-56H2,1-3H3/b21-18-,22-19-,23-20-,29-27-,30-28-. The van der Waals surface area contributed by atoms with E-state index in [1.165, 1.54) is 154 Å². The van der Waals surface area contributed by atoms with Crippen LogP contribution < -0.4 is 0 Å². The molecule has 0 bridgehead atoms. The lowest BCUT2D eigenvalue weighted by Crippen LogP contribution is -2.30. The molecule has 6 nitrogen and oxygen atoms in total. The van der Waals surface area contributed by atoms with E-state index in [1.807, 2.05) is 0 Å². The van der Waals surface area contributed by atoms with Crippen LogP contribution in [0.2, 0.25) is 0 Å². The summed E-state index contributed by atoms with van der Waals surface area (Å²) in [6, 6.07) is 0. The van der Waals surface area contributed by atoms with Crippen LogP contribution in [0.4, 0.5) is 0 Å². The molecule has 0 amide bonds. The molecule has 0 radical (unpaired) electrons. The minimum Gasteiger partial charge on any atom is -0.462 e. The van der Waals surface area contributed by atoms with Gasteiger partial charge in [-0.25, -0.2) is 0 Å². The first-order valence-corrected chi connectivity index (χ1v) is 28.3. The first-order chi connectivity index (χ1) is 32.5. The summed E-state index contributed by atoms with van der Waals surface area (Å²) in [4.78, 5) is 38.1. The molecule has 0 aliphatic carbocycles. The predicted octanol–water partition coefficient (Wildman–Crippen LogP) is 18.8. The molecule has 0 rings (SSSR count). The maximum Gasteiger partial charge on any atom is 0.306 e. The van der Waals surface area contributed by atoms with Gasteiger partial charge in [-0.15, -0.1) is 0 Å². The zero-order chi connectivity index (χ0) is 47.9. The molecule has 66 heavy (non-hydrogen) atoms. The molecular formula is C60H106O6. The lowest BCUT2D eigenvalue weighted by Gasteiger charge is -2.18. The Balaban J connectivity index is 4.38.